The minimum absolute atomic E-state index is 0.394. The largest absolute Gasteiger partial charge is 0.329 e. The van der Waals surface area contributed by atoms with Crippen molar-refractivity contribution in [3.8, 4) is 0 Å². The van der Waals surface area contributed by atoms with Crippen molar-refractivity contribution in [2.24, 2.45) is 0 Å². The Labute approximate surface area is 97.1 Å². The molecule has 2 aromatic rings. The minimum atomic E-state index is 0.394. The van der Waals surface area contributed by atoms with E-state index in [1.165, 1.54) is 11.5 Å². The molecule has 0 saturated heterocycles. The van der Waals surface area contributed by atoms with E-state index in [9.17, 15) is 0 Å². The van der Waals surface area contributed by atoms with Crippen molar-refractivity contribution in [2.45, 2.75) is 26.3 Å². The molecular weight excluding hydrogens is 232 g/mol. The summed E-state index contributed by atoms with van der Waals surface area (Å²) in [5.41, 5.74) is 0.807. The molecule has 0 aliphatic rings. The summed E-state index contributed by atoms with van der Waals surface area (Å²) in [6.07, 6.45) is 3.73. The maximum Gasteiger partial charge on any atom is 0.139 e. The molecule has 0 aromatic carbocycles. The third-order valence-corrected chi connectivity index (χ3v) is 3.08. The molecule has 15 heavy (non-hydrogen) atoms. The predicted octanol–water partition coefficient (Wildman–Crippen LogP) is 2.56. The van der Waals surface area contributed by atoms with Gasteiger partial charge < -0.3 is 4.57 Å². The first-order valence-electron chi connectivity index (χ1n) is 4.66. The predicted molar refractivity (Wildman–Crippen MR) is 60.3 cm³/mol. The zero-order chi connectivity index (χ0) is 10.8. The van der Waals surface area contributed by atoms with E-state index in [0.717, 1.165) is 11.5 Å². The van der Waals surface area contributed by atoms with Crippen molar-refractivity contribution in [3.05, 3.63) is 28.2 Å². The highest BCUT2D eigenvalue weighted by Crippen LogP contribution is 2.20. The zero-order valence-corrected chi connectivity index (χ0v) is 10.1. The van der Waals surface area contributed by atoms with E-state index in [4.69, 9.17) is 11.6 Å². The summed E-state index contributed by atoms with van der Waals surface area (Å²) in [4.78, 5) is 4.30. The van der Waals surface area contributed by atoms with Crippen LogP contribution in [0.25, 0.3) is 0 Å². The fraction of sp³-hybridized carbons (Fsp3) is 0.444. The van der Waals surface area contributed by atoms with E-state index in [0.29, 0.717) is 16.8 Å². The van der Waals surface area contributed by atoms with Gasteiger partial charge in [-0.1, -0.05) is 29.9 Å². The number of hydrogen-bond donors (Lipinski definition) is 0. The fourth-order valence-corrected chi connectivity index (χ4v) is 2.02. The molecule has 4 nitrogen and oxygen atoms in total. The van der Waals surface area contributed by atoms with E-state index < -0.39 is 0 Å². The first-order valence-corrected chi connectivity index (χ1v) is 5.81. The Morgan fingerprint density at radius 2 is 2.33 bits per heavy atom. The van der Waals surface area contributed by atoms with Crippen LogP contribution in [-0.2, 0) is 6.54 Å². The van der Waals surface area contributed by atoms with Crippen LogP contribution in [-0.4, -0.2) is 19.1 Å². The van der Waals surface area contributed by atoms with E-state index in [2.05, 4.69) is 28.4 Å². The summed E-state index contributed by atoms with van der Waals surface area (Å²) >= 11 is 7.16. The first kappa shape index (κ1) is 10.6. The van der Waals surface area contributed by atoms with Gasteiger partial charge in [0.05, 0.1) is 6.54 Å². The minimum Gasteiger partial charge on any atom is -0.329 e. The molecule has 0 saturated carbocycles. The number of rotatable bonds is 3. The Morgan fingerprint density at radius 3 is 2.93 bits per heavy atom. The lowest BCUT2D eigenvalue weighted by Crippen LogP contribution is -2.06. The molecule has 6 heteroatoms. The number of nitrogens with zero attached hydrogens (tertiary/aromatic N) is 4. The van der Waals surface area contributed by atoms with Gasteiger partial charge in [-0.15, -0.1) is 5.10 Å². The standard InChI is InChI=1S/C9H11ClN4S/c1-6(2)9-11-3-4-14(9)5-7-8(10)15-13-12-7/h3-4,6H,5H2,1-2H3. The molecule has 0 fully saturated rings. The summed E-state index contributed by atoms with van der Waals surface area (Å²) in [5.74, 6) is 1.43. The van der Waals surface area contributed by atoms with Crippen molar-refractivity contribution in [1.82, 2.24) is 19.1 Å². The Balaban J connectivity index is 2.25. The second kappa shape index (κ2) is 4.28. The first-order chi connectivity index (χ1) is 7.18. The SMILES string of the molecule is CC(C)c1nccn1Cc1nnsc1Cl. The Bertz CT molecular complexity index is 448. The van der Waals surface area contributed by atoms with Gasteiger partial charge >= 0.3 is 0 Å². The molecular formula is C9H11ClN4S. The molecule has 2 rings (SSSR count). The van der Waals surface area contributed by atoms with Crippen LogP contribution >= 0.6 is 23.1 Å². The molecule has 80 valence electrons. The van der Waals surface area contributed by atoms with Crippen molar-refractivity contribution < 1.29 is 0 Å². The summed E-state index contributed by atoms with van der Waals surface area (Å²) in [5, 5.41) is 3.98. The van der Waals surface area contributed by atoms with Crippen molar-refractivity contribution >= 4 is 23.1 Å². The molecule has 0 bridgehead atoms. The van der Waals surface area contributed by atoms with Gasteiger partial charge in [-0.3, -0.25) is 0 Å². The number of hydrogen-bond acceptors (Lipinski definition) is 4. The van der Waals surface area contributed by atoms with Gasteiger partial charge in [0, 0.05) is 29.8 Å². The monoisotopic (exact) mass is 242 g/mol. The van der Waals surface area contributed by atoms with Crippen LogP contribution < -0.4 is 0 Å². The average molecular weight is 243 g/mol. The highest BCUT2D eigenvalue weighted by Gasteiger charge is 2.11. The molecule has 0 aliphatic heterocycles. The van der Waals surface area contributed by atoms with Crippen LogP contribution in [0.5, 0.6) is 0 Å². The van der Waals surface area contributed by atoms with Crippen molar-refractivity contribution in [2.75, 3.05) is 0 Å². The highest BCUT2D eigenvalue weighted by molar-refractivity contribution is 7.10. The van der Waals surface area contributed by atoms with Crippen LogP contribution in [0.2, 0.25) is 4.34 Å². The van der Waals surface area contributed by atoms with Gasteiger partial charge in [0.15, 0.2) is 0 Å². The maximum absolute atomic E-state index is 5.95. The highest BCUT2D eigenvalue weighted by atomic mass is 35.5. The van der Waals surface area contributed by atoms with Gasteiger partial charge in [-0.25, -0.2) is 4.98 Å². The van der Waals surface area contributed by atoms with Crippen LogP contribution in [0.1, 0.15) is 31.3 Å². The zero-order valence-electron chi connectivity index (χ0n) is 8.51. The molecule has 0 spiro atoms. The Kier molecular flexibility index (Phi) is 3.02. The summed E-state index contributed by atoms with van der Waals surface area (Å²) in [6, 6.07) is 0. The normalized spacial score (nSPS) is 11.2. The van der Waals surface area contributed by atoms with E-state index in [1.807, 2.05) is 10.8 Å². The second-order valence-electron chi connectivity index (χ2n) is 3.56. The topological polar surface area (TPSA) is 43.6 Å². The Morgan fingerprint density at radius 1 is 1.53 bits per heavy atom. The van der Waals surface area contributed by atoms with Crippen LogP contribution in [0.15, 0.2) is 12.4 Å². The molecule has 0 amide bonds. The number of aromatic nitrogens is 4. The lowest BCUT2D eigenvalue weighted by Gasteiger charge is -2.08. The van der Waals surface area contributed by atoms with Crippen LogP contribution in [0.4, 0.5) is 0 Å². The van der Waals surface area contributed by atoms with E-state index in [-0.39, 0.29) is 0 Å². The van der Waals surface area contributed by atoms with Gasteiger partial charge in [0.1, 0.15) is 15.9 Å². The number of imidazole rings is 1. The summed E-state index contributed by atoms with van der Waals surface area (Å²) in [7, 11) is 0. The summed E-state index contributed by atoms with van der Waals surface area (Å²) in [6.45, 7) is 4.86. The van der Waals surface area contributed by atoms with E-state index >= 15 is 0 Å². The third-order valence-electron chi connectivity index (χ3n) is 2.09. The van der Waals surface area contributed by atoms with Crippen molar-refractivity contribution in [1.29, 1.82) is 0 Å². The third kappa shape index (κ3) is 2.18. The number of halogens is 1. The lowest BCUT2D eigenvalue weighted by molar-refractivity contribution is 0.660. The quantitative estimate of drug-likeness (QED) is 0.831. The molecule has 2 heterocycles. The van der Waals surface area contributed by atoms with Crippen LogP contribution in [0, 0.1) is 0 Å². The van der Waals surface area contributed by atoms with E-state index in [1.54, 1.807) is 6.20 Å². The van der Waals surface area contributed by atoms with Gasteiger partial charge in [-0.05, 0) is 0 Å². The molecule has 0 N–H and O–H groups in total. The molecule has 0 aliphatic carbocycles. The van der Waals surface area contributed by atoms with Gasteiger partial charge in [0.2, 0.25) is 0 Å². The summed E-state index contributed by atoms with van der Waals surface area (Å²) < 4.78 is 6.50. The molecule has 0 unspecified atom stereocenters. The molecule has 0 radical (unpaired) electrons. The van der Waals surface area contributed by atoms with Crippen molar-refractivity contribution in [3.63, 3.8) is 0 Å². The smallest absolute Gasteiger partial charge is 0.139 e. The second-order valence-corrected chi connectivity index (χ2v) is 4.92. The molecule has 0 atom stereocenters. The van der Waals surface area contributed by atoms with Crippen LogP contribution in [0.3, 0.4) is 0 Å². The van der Waals surface area contributed by atoms with Gasteiger partial charge in [-0.2, -0.15) is 0 Å². The molecule has 2 aromatic heterocycles. The fourth-order valence-electron chi connectivity index (χ4n) is 1.41. The maximum atomic E-state index is 5.95. The van der Waals surface area contributed by atoms with Gasteiger partial charge in [0.25, 0.3) is 0 Å². The lowest BCUT2D eigenvalue weighted by atomic mass is 10.2. The Hall–Kier alpha value is -0.940. The average Bonchev–Trinajstić information content (AvgIpc) is 2.77.